The third-order valence-corrected chi connectivity index (χ3v) is 5.73. The summed E-state index contributed by atoms with van der Waals surface area (Å²) in [4.78, 5) is 2.51. The molecule has 0 fully saturated rings. The third kappa shape index (κ3) is 2.11. The maximum Gasteiger partial charge on any atom is 0.0104 e. The molecular weight excluding hydrogens is 266 g/mol. The van der Waals surface area contributed by atoms with Gasteiger partial charge in [-0.05, 0) is 53.7 Å². The van der Waals surface area contributed by atoms with Gasteiger partial charge in [0.15, 0.2) is 0 Å². The molecule has 2 bridgehead atoms. The summed E-state index contributed by atoms with van der Waals surface area (Å²) in [7, 11) is 0. The van der Waals surface area contributed by atoms with Gasteiger partial charge in [-0.3, -0.25) is 0 Å². The van der Waals surface area contributed by atoms with Crippen molar-refractivity contribution in [2.75, 3.05) is 19.6 Å². The number of fused-ring (bicyclic) bond motifs is 8. The highest BCUT2D eigenvalue weighted by Gasteiger charge is 2.40. The molecule has 0 saturated heterocycles. The maximum atomic E-state index is 2.51. The van der Waals surface area contributed by atoms with E-state index >= 15 is 0 Å². The van der Waals surface area contributed by atoms with Crippen LogP contribution in [0.5, 0.6) is 0 Å². The molecular formula is C21H25N. The fourth-order valence-corrected chi connectivity index (χ4v) is 4.45. The standard InChI is InChI=1S/C21H25N/c1-3-22(4-2)12-11-15-9-10-18-19(13-15)21-14-20(18)16-7-5-6-8-17(16)21/h5-10,13,20-21H,3-4,11-12,14H2,1-2H3. The molecule has 0 N–H and O–H groups in total. The van der Waals surface area contributed by atoms with Crippen LogP contribution >= 0.6 is 0 Å². The van der Waals surface area contributed by atoms with Crippen LogP contribution in [0.25, 0.3) is 0 Å². The fourth-order valence-electron chi connectivity index (χ4n) is 4.45. The number of hydrogen-bond donors (Lipinski definition) is 0. The van der Waals surface area contributed by atoms with Crippen molar-refractivity contribution in [1.82, 2.24) is 4.90 Å². The van der Waals surface area contributed by atoms with E-state index in [0.717, 1.165) is 13.1 Å². The first-order valence-electron chi connectivity index (χ1n) is 8.75. The fraction of sp³-hybridized carbons (Fsp3) is 0.429. The Kier molecular flexibility index (Phi) is 3.54. The molecule has 22 heavy (non-hydrogen) atoms. The minimum absolute atomic E-state index is 0.657. The predicted molar refractivity (Wildman–Crippen MR) is 92.7 cm³/mol. The van der Waals surface area contributed by atoms with Crippen molar-refractivity contribution in [1.29, 1.82) is 0 Å². The van der Waals surface area contributed by atoms with Crippen molar-refractivity contribution in [2.45, 2.75) is 38.5 Å². The van der Waals surface area contributed by atoms with Crippen LogP contribution in [0.1, 0.15) is 59.9 Å². The Morgan fingerprint density at radius 2 is 1.50 bits per heavy atom. The molecule has 0 saturated carbocycles. The molecule has 0 heterocycles. The van der Waals surface area contributed by atoms with E-state index in [4.69, 9.17) is 0 Å². The van der Waals surface area contributed by atoms with Crippen LogP contribution in [0.3, 0.4) is 0 Å². The molecule has 0 radical (unpaired) electrons. The Morgan fingerprint density at radius 1 is 0.864 bits per heavy atom. The molecule has 4 rings (SSSR count). The van der Waals surface area contributed by atoms with Crippen LogP contribution in [0.2, 0.25) is 0 Å². The number of hydrogen-bond acceptors (Lipinski definition) is 1. The highest BCUT2D eigenvalue weighted by Crippen LogP contribution is 2.56. The van der Waals surface area contributed by atoms with Crippen molar-refractivity contribution in [3.8, 4) is 0 Å². The molecule has 2 aliphatic rings. The molecule has 0 aromatic heterocycles. The molecule has 0 spiro atoms. The van der Waals surface area contributed by atoms with E-state index in [2.05, 4.69) is 61.2 Å². The quantitative estimate of drug-likeness (QED) is 0.781. The topological polar surface area (TPSA) is 3.24 Å². The smallest absolute Gasteiger partial charge is 0.0104 e. The van der Waals surface area contributed by atoms with Gasteiger partial charge in [-0.15, -0.1) is 0 Å². The zero-order valence-corrected chi connectivity index (χ0v) is 13.7. The van der Waals surface area contributed by atoms with E-state index in [-0.39, 0.29) is 0 Å². The van der Waals surface area contributed by atoms with Gasteiger partial charge in [-0.25, -0.2) is 0 Å². The lowest BCUT2D eigenvalue weighted by Gasteiger charge is -2.21. The lowest BCUT2D eigenvalue weighted by Crippen LogP contribution is -2.25. The summed E-state index contributed by atoms with van der Waals surface area (Å²) in [5.41, 5.74) is 7.88. The second-order valence-electron chi connectivity index (χ2n) is 6.71. The summed E-state index contributed by atoms with van der Waals surface area (Å²) in [5, 5.41) is 0. The van der Waals surface area contributed by atoms with Crippen LogP contribution in [0.15, 0.2) is 42.5 Å². The van der Waals surface area contributed by atoms with Crippen LogP contribution in [0.4, 0.5) is 0 Å². The van der Waals surface area contributed by atoms with Gasteiger partial charge < -0.3 is 4.90 Å². The first-order chi connectivity index (χ1) is 10.8. The number of benzene rings is 2. The number of likely N-dealkylation sites (N-methyl/N-ethyl adjacent to an activating group) is 1. The van der Waals surface area contributed by atoms with Crippen LogP contribution in [0, 0.1) is 0 Å². The van der Waals surface area contributed by atoms with Crippen molar-refractivity contribution in [2.24, 2.45) is 0 Å². The van der Waals surface area contributed by atoms with E-state index in [0.29, 0.717) is 11.8 Å². The molecule has 0 amide bonds. The molecule has 2 atom stereocenters. The average molecular weight is 291 g/mol. The first-order valence-corrected chi connectivity index (χ1v) is 8.75. The summed E-state index contributed by atoms with van der Waals surface area (Å²) in [5.74, 6) is 1.32. The number of rotatable bonds is 5. The molecule has 2 aromatic carbocycles. The summed E-state index contributed by atoms with van der Waals surface area (Å²) in [6.07, 6.45) is 2.47. The molecule has 1 heteroatoms. The Labute approximate surface area is 134 Å². The van der Waals surface area contributed by atoms with Crippen molar-refractivity contribution in [3.05, 3.63) is 70.3 Å². The lowest BCUT2D eigenvalue weighted by molar-refractivity contribution is 0.308. The second-order valence-corrected chi connectivity index (χ2v) is 6.71. The molecule has 2 aromatic rings. The molecule has 0 aliphatic heterocycles. The highest BCUT2D eigenvalue weighted by atomic mass is 15.1. The van der Waals surface area contributed by atoms with Gasteiger partial charge >= 0.3 is 0 Å². The lowest BCUT2D eigenvalue weighted by atomic mass is 9.85. The summed E-state index contributed by atoms with van der Waals surface area (Å²) >= 11 is 0. The molecule has 1 nitrogen and oxygen atoms in total. The first kappa shape index (κ1) is 14.0. The van der Waals surface area contributed by atoms with Crippen LogP contribution in [-0.4, -0.2) is 24.5 Å². The number of nitrogens with zero attached hydrogens (tertiary/aromatic N) is 1. The van der Waals surface area contributed by atoms with Gasteiger partial charge in [0.1, 0.15) is 0 Å². The summed E-state index contributed by atoms with van der Waals surface area (Å²) in [6.45, 7) is 7.99. The van der Waals surface area contributed by atoms with Gasteiger partial charge in [0.25, 0.3) is 0 Å². The van der Waals surface area contributed by atoms with Gasteiger partial charge in [0.2, 0.25) is 0 Å². The van der Waals surface area contributed by atoms with E-state index in [1.807, 2.05) is 0 Å². The Balaban J connectivity index is 1.59. The SMILES string of the molecule is CCN(CC)CCc1ccc2c(c1)C1CC2c2ccccc21. The maximum absolute atomic E-state index is 2.51. The Morgan fingerprint density at radius 3 is 2.18 bits per heavy atom. The van der Waals surface area contributed by atoms with E-state index in [1.54, 1.807) is 22.3 Å². The van der Waals surface area contributed by atoms with Crippen LogP contribution < -0.4 is 0 Å². The predicted octanol–water partition coefficient (Wildman–Crippen LogP) is 4.55. The second kappa shape index (κ2) is 5.55. The van der Waals surface area contributed by atoms with Crippen molar-refractivity contribution >= 4 is 0 Å². The van der Waals surface area contributed by atoms with Crippen molar-refractivity contribution < 1.29 is 0 Å². The van der Waals surface area contributed by atoms with E-state index in [1.165, 1.54) is 24.9 Å². The summed E-state index contributed by atoms with van der Waals surface area (Å²) < 4.78 is 0. The largest absolute Gasteiger partial charge is 0.304 e. The molecule has 2 unspecified atom stereocenters. The summed E-state index contributed by atoms with van der Waals surface area (Å²) in [6, 6.07) is 16.3. The zero-order chi connectivity index (χ0) is 15.1. The van der Waals surface area contributed by atoms with Gasteiger partial charge in [0, 0.05) is 18.4 Å². The highest BCUT2D eigenvalue weighted by molar-refractivity contribution is 5.58. The van der Waals surface area contributed by atoms with E-state index < -0.39 is 0 Å². The average Bonchev–Trinajstić information content (AvgIpc) is 3.13. The molecule has 114 valence electrons. The van der Waals surface area contributed by atoms with Crippen LogP contribution in [-0.2, 0) is 6.42 Å². The van der Waals surface area contributed by atoms with Gasteiger partial charge in [-0.2, -0.15) is 0 Å². The van der Waals surface area contributed by atoms with E-state index in [9.17, 15) is 0 Å². The Hall–Kier alpha value is -1.60. The third-order valence-electron chi connectivity index (χ3n) is 5.73. The normalized spacial score (nSPS) is 21.2. The zero-order valence-electron chi connectivity index (χ0n) is 13.7. The minimum Gasteiger partial charge on any atom is -0.304 e. The Bertz CT molecular complexity index is 684. The van der Waals surface area contributed by atoms with Crippen molar-refractivity contribution in [3.63, 3.8) is 0 Å². The monoisotopic (exact) mass is 291 g/mol. The minimum atomic E-state index is 0.657. The van der Waals surface area contributed by atoms with Gasteiger partial charge in [0.05, 0.1) is 0 Å². The molecule has 2 aliphatic carbocycles. The van der Waals surface area contributed by atoms with Gasteiger partial charge in [-0.1, -0.05) is 56.3 Å².